The first-order valence-corrected chi connectivity index (χ1v) is 6.09. The average Bonchev–Trinajstić information content (AvgIpc) is 2.37. The zero-order valence-electron chi connectivity index (χ0n) is 10.8. The Morgan fingerprint density at radius 1 is 1.11 bits per heavy atom. The lowest BCUT2D eigenvalue weighted by Crippen LogP contribution is -2.14. The summed E-state index contributed by atoms with van der Waals surface area (Å²) in [6.45, 7) is 3.93. The van der Waals surface area contributed by atoms with Crippen LogP contribution in [-0.4, -0.2) is 25.0 Å². The van der Waals surface area contributed by atoms with Gasteiger partial charge in [0.15, 0.2) is 12.4 Å². The van der Waals surface area contributed by atoms with E-state index in [9.17, 15) is 9.59 Å². The molecule has 98 valence electrons. The second-order valence-corrected chi connectivity index (χ2v) is 3.79. The first kappa shape index (κ1) is 14.2. The van der Waals surface area contributed by atoms with Crippen molar-refractivity contribution in [1.29, 1.82) is 0 Å². The van der Waals surface area contributed by atoms with Crippen LogP contribution in [0.1, 0.15) is 37.0 Å². The van der Waals surface area contributed by atoms with Crippen molar-refractivity contribution in [2.75, 3.05) is 13.2 Å². The second kappa shape index (κ2) is 7.48. The van der Waals surface area contributed by atoms with Crippen molar-refractivity contribution in [1.82, 2.24) is 0 Å². The number of benzene rings is 1. The molecule has 0 aliphatic carbocycles. The topological polar surface area (TPSA) is 52.6 Å². The standard InChI is InChI=1S/C14H18O4/c1-3-5-13(15)11-6-8-12(9-7-11)18-10-14(16)17-4-2/h6-9H,3-5,10H2,1-2H3. The maximum atomic E-state index is 11.6. The number of ketones is 1. The molecule has 0 aliphatic rings. The van der Waals surface area contributed by atoms with Gasteiger partial charge in [0, 0.05) is 12.0 Å². The van der Waals surface area contributed by atoms with E-state index in [0.29, 0.717) is 24.3 Å². The predicted octanol–water partition coefficient (Wildman–Crippen LogP) is 2.61. The maximum absolute atomic E-state index is 11.6. The highest BCUT2D eigenvalue weighted by molar-refractivity contribution is 5.96. The van der Waals surface area contributed by atoms with Crippen LogP contribution in [0.15, 0.2) is 24.3 Å². The summed E-state index contributed by atoms with van der Waals surface area (Å²) < 4.78 is 9.97. The zero-order chi connectivity index (χ0) is 13.4. The van der Waals surface area contributed by atoms with Gasteiger partial charge in [-0.05, 0) is 37.6 Å². The lowest BCUT2D eigenvalue weighted by molar-refractivity contribution is -0.145. The van der Waals surface area contributed by atoms with Gasteiger partial charge in [-0.1, -0.05) is 6.92 Å². The van der Waals surface area contributed by atoms with E-state index in [-0.39, 0.29) is 12.4 Å². The van der Waals surface area contributed by atoms with Crippen LogP contribution >= 0.6 is 0 Å². The SMILES string of the molecule is CCCC(=O)c1ccc(OCC(=O)OCC)cc1. The van der Waals surface area contributed by atoms with E-state index in [1.165, 1.54) is 0 Å². The van der Waals surface area contributed by atoms with Gasteiger partial charge in [0.25, 0.3) is 0 Å². The molecule has 0 spiro atoms. The van der Waals surface area contributed by atoms with Crippen molar-refractivity contribution in [3.05, 3.63) is 29.8 Å². The fraction of sp³-hybridized carbons (Fsp3) is 0.429. The molecule has 0 fully saturated rings. The van der Waals surface area contributed by atoms with Crippen molar-refractivity contribution >= 4 is 11.8 Å². The van der Waals surface area contributed by atoms with E-state index in [1.54, 1.807) is 31.2 Å². The molecule has 0 radical (unpaired) electrons. The van der Waals surface area contributed by atoms with Gasteiger partial charge in [0.2, 0.25) is 0 Å². The van der Waals surface area contributed by atoms with Gasteiger partial charge in [-0.3, -0.25) is 4.79 Å². The van der Waals surface area contributed by atoms with Gasteiger partial charge >= 0.3 is 5.97 Å². The van der Waals surface area contributed by atoms with Crippen LogP contribution in [0.3, 0.4) is 0 Å². The van der Waals surface area contributed by atoms with Crippen LogP contribution in [0.5, 0.6) is 5.75 Å². The lowest BCUT2D eigenvalue weighted by Gasteiger charge is -2.06. The summed E-state index contributed by atoms with van der Waals surface area (Å²) in [5.74, 6) is 0.272. The Morgan fingerprint density at radius 2 is 1.78 bits per heavy atom. The molecule has 0 aliphatic heterocycles. The molecule has 18 heavy (non-hydrogen) atoms. The largest absolute Gasteiger partial charge is 0.482 e. The van der Waals surface area contributed by atoms with E-state index in [2.05, 4.69) is 0 Å². The van der Waals surface area contributed by atoms with Gasteiger partial charge in [0.1, 0.15) is 5.75 Å². The van der Waals surface area contributed by atoms with Crippen LogP contribution in [0, 0.1) is 0 Å². The molecule has 4 heteroatoms. The predicted molar refractivity (Wildman–Crippen MR) is 67.8 cm³/mol. The van der Waals surface area contributed by atoms with E-state index in [4.69, 9.17) is 9.47 Å². The quantitative estimate of drug-likeness (QED) is 0.551. The molecule has 1 aromatic rings. The third kappa shape index (κ3) is 4.57. The molecule has 0 atom stereocenters. The Bertz CT molecular complexity index is 395. The fourth-order valence-electron chi connectivity index (χ4n) is 1.45. The second-order valence-electron chi connectivity index (χ2n) is 3.79. The van der Waals surface area contributed by atoms with Gasteiger partial charge in [-0.25, -0.2) is 4.79 Å². The Kier molecular flexibility index (Phi) is 5.91. The number of esters is 1. The average molecular weight is 250 g/mol. The number of carbonyl (C=O) groups is 2. The van der Waals surface area contributed by atoms with Crippen LogP contribution in [-0.2, 0) is 9.53 Å². The van der Waals surface area contributed by atoms with Gasteiger partial charge < -0.3 is 9.47 Å². The monoisotopic (exact) mass is 250 g/mol. The normalized spacial score (nSPS) is 9.89. The van der Waals surface area contributed by atoms with Gasteiger partial charge in [-0.15, -0.1) is 0 Å². The lowest BCUT2D eigenvalue weighted by atomic mass is 10.1. The number of rotatable bonds is 7. The molecule has 0 bridgehead atoms. The number of hydrogen-bond donors (Lipinski definition) is 0. The van der Waals surface area contributed by atoms with Crippen LogP contribution < -0.4 is 4.74 Å². The number of hydrogen-bond acceptors (Lipinski definition) is 4. The van der Waals surface area contributed by atoms with Crippen molar-refractivity contribution in [3.8, 4) is 5.75 Å². The summed E-state index contributed by atoms with van der Waals surface area (Å²) in [5.41, 5.74) is 0.667. The maximum Gasteiger partial charge on any atom is 0.344 e. The highest BCUT2D eigenvalue weighted by Crippen LogP contribution is 2.14. The Labute approximate surface area is 107 Å². The van der Waals surface area contributed by atoms with Crippen LogP contribution in [0.25, 0.3) is 0 Å². The highest BCUT2D eigenvalue weighted by Gasteiger charge is 2.06. The molecule has 4 nitrogen and oxygen atoms in total. The summed E-state index contributed by atoms with van der Waals surface area (Å²) >= 11 is 0. The van der Waals surface area contributed by atoms with E-state index >= 15 is 0 Å². The number of Topliss-reactive ketones (excluding diaryl/α,β-unsaturated/α-hetero) is 1. The van der Waals surface area contributed by atoms with Crippen LogP contribution in [0.4, 0.5) is 0 Å². The minimum absolute atomic E-state index is 0.115. The third-order valence-corrected chi connectivity index (χ3v) is 2.32. The molecule has 0 heterocycles. The van der Waals surface area contributed by atoms with Crippen molar-refractivity contribution < 1.29 is 19.1 Å². The summed E-state index contributed by atoms with van der Waals surface area (Å²) in [5, 5.41) is 0. The molecule has 0 saturated carbocycles. The molecular formula is C14H18O4. The zero-order valence-corrected chi connectivity index (χ0v) is 10.8. The van der Waals surface area contributed by atoms with Crippen LogP contribution in [0.2, 0.25) is 0 Å². The minimum atomic E-state index is -0.399. The Hall–Kier alpha value is -1.84. The number of ether oxygens (including phenoxy) is 2. The summed E-state index contributed by atoms with van der Waals surface area (Å²) in [7, 11) is 0. The van der Waals surface area contributed by atoms with E-state index in [1.807, 2.05) is 6.92 Å². The molecular weight excluding hydrogens is 232 g/mol. The highest BCUT2D eigenvalue weighted by atomic mass is 16.6. The summed E-state index contributed by atoms with van der Waals surface area (Å²) in [6.07, 6.45) is 1.38. The molecule has 1 rings (SSSR count). The summed E-state index contributed by atoms with van der Waals surface area (Å²) in [6, 6.07) is 6.78. The van der Waals surface area contributed by atoms with Crippen molar-refractivity contribution in [2.24, 2.45) is 0 Å². The summed E-state index contributed by atoms with van der Waals surface area (Å²) in [4.78, 5) is 22.7. The molecule has 0 amide bonds. The fourth-order valence-corrected chi connectivity index (χ4v) is 1.45. The Balaban J connectivity index is 2.50. The van der Waals surface area contributed by atoms with Crippen molar-refractivity contribution in [3.63, 3.8) is 0 Å². The first-order valence-electron chi connectivity index (χ1n) is 6.09. The van der Waals surface area contributed by atoms with Gasteiger partial charge in [-0.2, -0.15) is 0 Å². The van der Waals surface area contributed by atoms with E-state index < -0.39 is 5.97 Å². The van der Waals surface area contributed by atoms with Crippen molar-refractivity contribution in [2.45, 2.75) is 26.7 Å². The molecule has 0 N–H and O–H groups in total. The minimum Gasteiger partial charge on any atom is -0.482 e. The third-order valence-electron chi connectivity index (χ3n) is 2.32. The Morgan fingerprint density at radius 3 is 2.33 bits per heavy atom. The molecule has 1 aromatic carbocycles. The molecule has 0 unspecified atom stereocenters. The number of carbonyl (C=O) groups excluding carboxylic acids is 2. The first-order chi connectivity index (χ1) is 8.67. The van der Waals surface area contributed by atoms with E-state index in [0.717, 1.165) is 6.42 Å². The molecule has 0 aromatic heterocycles. The smallest absolute Gasteiger partial charge is 0.344 e. The molecule has 0 saturated heterocycles. The van der Waals surface area contributed by atoms with Gasteiger partial charge in [0.05, 0.1) is 6.61 Å².